The monoisotopic (exact) mass is 457 g/mol. The van der Waals surface area contributed by atoms with Gasteiger partial charge >= 0.3 is 0 Å². The molecule has 0 unspecified atom stereocenters. The van der Waals surface area contributed by atoms with Gasteiger partial charge in [0.15, 0.2) is 0 Å². The first-order valence-corrected chi connectivity index (χ1v) is 11.8. The number of carbonyl (C=O) groups is 1. The molecule has 6 nitrogen and oxygen atoms in total. The molecule has 31 heavy (non-hydrogen) atoms. The van der Waals surface area contributed by atoms with Crippen molar-refractivity contribution in [3.63, 3.8) is 0 Å². The molecule has 1 fully saturated rings. The summed E-state index contributed by atoms with van der Waals surface area (Å²) in [5.74, 6) is 0.788. The van der Waals surface area contributed by atoms with E-state index in [1.165, 1.54) is 11.3 Å². The minimum Gasteiger partial charge on any atom is -0.341 e. The van der Waals surface area contributed by atoms with E-state index in [0.717, 1.165) is 63.4 Å². The second-order valence-electron chi connectivity index (χ2n) is 8.28. The molecule has 1 saturated heterocycles. The Morgan fingerprint density at radius 1 is 1.23 bits per heavy atom. The van der Waals surface area contributed by atoms with E-state index < -0.39 is 0 Å². The van der Waals surface area contributed by atoms with Gasteiger partial charge in [-0.15, -0.1) is 11.3 Å². The number of nitrogens with one attached hydrogen (secondary N) is 1. The highest BCUT2D eigenvalue weighted by Crippen LogP contribution is 2.26. The van der Waals surface area contributed by atoms with E-state index in [1.54, 1.807) is 0 Å². The highest BCUT2D eigenvalue weighted by atomic mass is 35.5. The third-order valence-electron chi connectivity index (χ3n) is 5.86. The summed E-state index contributed by atoms with van der Waals surface area (Å²) >= 11 is 7.47. The quantitative estimate of drug-likeness (QED) is 0.578. The number of fused-ring (bicyclic) bond motifs is 1. The highest BCUT2D eigenvalue weighted by Gasteiger charge is 2.22. The van der Waals surface area contributed by atoms with Crippen LogP contribution in [-0.4, -0.2) is 54.0 Å². The van der Waals surface area contributed by atoms with E-state index in [2.05, 4.69) is 29.2 Å². The normalized spacial score (nSPS) is 15.1. The van der Waals surface area contributed by atoms with Gasteiger partial charge in [-0.05, 0) is 70.6 Å². The van der Waals surface area contributed by atoms with Crippen LogP contribution in [0.3, 0.4) is 0 Å². The van der Waals surface area contributed by atoms with E-state index in [-0.39, 0.29) is 5.91 Å². The lowest BCUT2D eigenvalue weighted by atomic mass is 10.0. The molecule has 0 spiro atoms. The van der Waals surface area contributed by atoms with Gasteiger partial charge in [-0.1, -0.05) is 11.6 Å². The molecule has 0 saturated carbocycles. The first kappa shape index (κ1) is 22.0. The van der Waals surface area contributed by atoms with Crippen molar-refractivity contribution >= 4 is 51.4 Å². The van der Waals surface area contributed by atoms with E-state index in [9.17, 15) is 4.79 Å². The van der Waals surface area contributed by atoms with Gasteiger partial charge in [0.05, 0.1) is 15.5 Å². The number of aryl methyl sites for hydroxylation is 2. The molecule has 0 atom stereocenters. The maximum Gasteiger partial charge on any atom is 0.226 e. The fourth-order valence-corrected chi connectivity index (χ4v) is 5.10. The Morgan fingerprint density at radius 3 is 2.68 bits per heavy atom. The van der Waals surface area contributed by atoms with Gasteiger partial charge in [-0.3, -0.25) is 4.79 Å². The second kappa shape index (κ2) is 9.51. The fraction of sp³-hybridized carbons (Fsp3) is 0.435. The molecule has 2 aromatic heterocycles. The standard InChI is InChI=1S/C23H28ClN5OS/c1-15-19-14-16(26-22(30)9-6-18-5-8-21(24)31-18)4-7-20(19)27-23(25-15)29-12-10-17(11-13-29)28(2)3/h4-5,7-8,14,17H,6,9-13H2,1-3H3,(H,26,30). The lowest BCUT2D eigenvalue weighted by molar-refractivity contribution is -0.116. The maximum atomic E-state index is 12.4. The Labute approximate surface area is 192 Å². The molecule has 1 aromatic carbocycles. The number of hydrogen-bond acceptors (Lipinski definition) is 6. The number of amides is 1. The smallest absolute Gasteiger partial charge is 0.226 e. The number of aromatic nitrogens is 2. The fourth-order valence-electron chi connectivity index (χ4n) is 4.01. The molecular formula is C23H28ClN5OS. The van der Waals surface area contributed by atoms with Gasteiger partial charge < -0.3 is 15.1 Å². The Hall–Kier alpha value is -2.22. The summed E-state index contributed by atoms with van der Waals surface area (Å²) in [5.41, 5.74) is 2.61. The predicted octanol–water partition coefficient (Wildman–Crippen LogP) is 4.75. The van der Waals surface area contributed by atoms with Crippen molar-refractivity contribution in [2.45, 2.75) is 38.6 Å². The van der Waals surface area contributed by atoms with Crippen LogP contribution in [0.4, 0.5) is 11.6 Å². The molecule has 0 bridgehead atoms. The summed E-state index contributed by atoms with van der Waals surface area (Å²) in [7, 11) is 4.29. The molecule has 8 heteroatoms. The molecule has 1 aliphatic heterocycles. The minimum atomic E-state index is -0.0113. The zero-order valence-electron chi connectivity index (χ0n) is 18.2. The molecule has 3 heterocycles. The summed E-state index contributed by atoms with van der Waals surface area (Å²) in [5, 5.41) is 3.96. The van der Waals surface area contributed by atoms with Crippen LogP contribution in [-0.2, 0) is 11.2 Å². The zero-order chi connectivity index (χ0) is 22.0. The van der Waals surface area contributed by atoms with Crippen molar-refractivity contribution < 1.29 is 4.79 Å². The summed E-state index contributed by atoms with van der Waals surface area (Å²) in [6.07, 6.45) is 3.35. The number of hydrogen-bond donors (Lipinski definition) is 1. The summed E-state index contributed by atoms with van der Waals surface area (Å²) in [4.78, 5) is 27.6. The third kappa shape index (κ3) is 5.34. The molecule has 1 aliphatic rings. The maximum absolute atomic E-state index is 12.4. The Morgan fingerprint density at radius 2 is 2.00 bits per heavy atom. The van der Waals surface area contributed by atoms with Crippen LogP contribution in [0.2, 0.25) is 4.34 Å². The summed E-state index contributed by atoms with van der Waals surface area (Å²) in [6, 6.07) is 10.3. The lowest BCUT2D eigenvalue weighted by Crippen LogP contribution is -2.42. The van der Waals surface area contributed by atoms with Crippen molar-refractivity contribution in [2.24, 2.45) is 0 Å². The number of thiophene rings is 1. The summed E-state index contributed by atoms with van der Waals surface area (Å²) < 4.78 is 0.752. The van der Waals surface area contributed by atoms with Gasteiger partial charge in [0.1, 0.15) is 0 Å². The summed E-state index contributed by atoms with van der Waals surface area (Å²) in [6.45, 7) is 3.95. The van der Waals surface area contributed by atoms with Crippen molar-refractivity contribution in [1.82, 2.24) is 14.9 Å². The molecule has 0 radical (unpaired) electrons. The Kier molecular flexibility index (Phi) is 6.74. The second-order valence-corrected chi connectivity index (χ2v) is 10.1. The first-order valence-electron chi connectivity index (χ1n) is 10.6. The zero-order valence-corrected chi connectivity index (χ0v) is 19.8. The van der Waals surface area contributed by atoms with Crippen molar-refractivity contribution in [2.75, 3.05) is 37.4 Å². The van der Waals surface area contributed by atoms with Crippen molar-refractivity contribution in [1.29, 1.82) is 0 Å². The molecule has 3 aromatic rings. The SMILES string of the molecule is Cc1nc(N2CCC(N(C)C)CC2)nc2ccc(NC(=O)CCc3ccc(Cl)s3)cc12. The average molecular weight is 458 g/mol. The number of benzene rings is 1. The van der Waals surface area contributed by atoms with Crippen LogP contribution < -0.4 is 10.2 Å². The van der Waals surface area contributed by atoms with Gasteiger partial charge in [0, 0.05) is 41.5 Å². The van der Waals surface area contributed by atoms with E-state index >= 15 is 0 Å². The van der Waals surface area contributed by atoms with Gasteiger partial charge in [0.2, 0.25) is 11.9 Å². The van der Waals surface area contributed by atoms with Crippen LogP contribution >= 0.6 is 22.9 Å². The van der Waals surface area contributed by atoms with Crippen molar-refractivity contribution in [3.05, 3.63) is 45.2 Å². The van der Waals surface area contributed by atoms with Crippen LogP contribution in [0.25, 0.3) is 10.9 Å². The third-order valence-corrected chi connectivity index (χ3v) is 7.15. The van der Waals surface area contributed by atoms with Crippen LogP contribution in [0.5, 0.6) is 0 Å². The lowest BCUT2D eigenvalue weighted by Gasteiger charge is -2.35. The van der Waals surface area contributed by atoms with E-state index in [4.69, 9.17) is 21.6 Å². The van der Waals surface area contributed by atoms with Crippen LogP contribution in [0.1, 0.15) is 29.8 Å². The van der Waals surface area contributed by atoms with Gasteiger partial charge in [-0.2, -0.15) is 0 Å². The van der Waals surface area contributed by atoms with Crippen LogP contribution in [0.15, 0.2) is 30.3 Å². The predicted molar refractivity (Wildman–Crippen MR) is 129 cm³/mol. The minimum absolute atomic E-state index is 0.0113. The largest absolute Gasteiger partial charge is 0.341 e. The number of halogens is 1. The van der Waals surface area contributed by atoms with Gasteiger partial charge in [-0.25, -0.2) is 9.97 Å². The van der Waals surface area contributed by atoms with Gasteiger partial charge in [0.25, 0.3) is 0 Å². The molecule has 4 rings (SSSR count). The topological polar surface area (TPSA) is 61.4 Å². The molecule has 0 aliphatic carbocycles. The number of rotatable bonds is 6. The average Bonchev–Trinajstić information content (AvgIpc) is 3.18. The Bertz CT molecular complexity index is 1080. The first-order chi connectivity index (χ1) is 14.9. The number of piperidine rings is 1. The van der Waals surface area contributed by atoms with Crippen molar-refractivity contribution in [3.8, 4) is 0 Å². The number of anilines is 2. The molecule has 1 N–H and O–H groups in total. The molecule has 164 valence electrons. The molecule has 1 amide bonds. The molecular weight excluding hydrogens is 430 g/mol. The van der Waals surface area contributed by atoms with E-state index in [0.29, 0.717) is 18.9 Å². The number of nitrogens with zero attached hydrogens (tertiary/aromatic N) is 4. The number of carbonyl (C=O) groups excluding carboxylic acids is 1. The Balaban J connectivity index is 1.42. The van der Waals surface area contributed by atoms with E-state index in [1.807, 2.05) is 37.3 Å². The highest BCUT2D eigenvalue weighted by molar-refractivity contribution is 7.16. The van der Waals surface area contributed by atoms with Crippen LogP contribution in [0, 0.1) is 6.92 Å².